The van der Waals surface area contributed by atoms with Crippen molar-refractivity contribution >= 4 is 22.9 Å². The molecule has 3 aromatic rings. The average molecular weight is 385 g/mol. The summed E-state index contributed by atoms with van der Waals surface area (Å²) in [6.45, 7) is 1.64. The van der Waals surface area contributed by atoms with Gasteiger partial charge >= 0.3 is 0 Å². The molecule has 1 aliphatic heterocycles. The van der Waals surface area contributed by atoms with Crippen molar-refractivity contribution in [2.24, 2.45) is 0 Å². The molecule has 8 heteroatoms. The van der Waals surface area contributed by atoms with Gasteiger partial charge in [0.2, 0.25) is 5.95 Å². The van der Waals surface area contributed by atoms with Gasteiger partial charge < -0.3 is 4.52 Å². The van der Waals surface area contributed by atoms with Crippen molar-refractivity contribution in [3.63, 3.8) is 0 Å². The van der Waals surface area contributed by atoms with Gasteiger partial charge in [0.25, 0.3) is 0 Å². The maximum absolute atomic E-state index is 15.1. The zero-order chi connectivity index (χ0) is 19.0. The van der Waals surface area contributed by atoms with Gasteiger partial charge in [0.1, 0.15) is 17.1 Å². The number of halogens is 3. The standard InChI is InChI=1S/C19H11ClF2N4O/c1-11-17(16-14(20)5-2-6-15(16)21)25-27-18(11)13-7-9-24-26(19(13)22)12-4-3-8-23-10-12/h2-6,8,10,24H,1H3. The van der Waals surface area contributed by atoms with Crippen molar-refractivity contribution in [3.05, 3.63) is 70.8 Å². The Kier molecular flexibility index (Phi) is 4.26. The van der Waals surface area contributed by atoms with Crippen LogP contribution >= 0.6 is 11.6 Å². The van der Waals surface area contributed by atoms with Crippen LogP contribution in [0.25, 0.3) is 16.8 Å². The summed E-state index contributed by atoms with van der Waals surface area (Å²) in [6.07, 6.45) is 3.06. The van der Waals surface area contributed by atoms with E-state index >= 15 is 4.39 Å². The molecule has 2 aromatic heterocycles. The molecule has 0 saturated carbocycles. The predicted molar refractivity (Wildman–Crippen MR) is 97.3 cm³/mol. The highest BCUT2D eigenvalue weighted by Gasteiger charge is 2.27. The maximum Gasteiger partial charge on any atom is 0.233 e. The van der Waals surface area contributed by atoms with Gasteiger partial charge in [-0.25, -0.2) is 14.8 Å². The van der Waals surface area contributed by atoms with E-state index in [1.807, 2.05) is 0 Å². The first kappa shape index (κ1) is 17.1. The molecule has 0 fully saturated rings. The van der Waals surface area contributed by atoms with Crippen LogP contribution in [-0.4, -0.2) is 10.1 Å². The number of hydrazine groups is 1. The summed E-state index contributed by atoms with van der Waals surface area (Å²) >= 11 is 6.10. The van der Waals surface area contributed by atoms with E-state index in [4.69, 9.17) is 16.1 Å². The summed E-state index contributed by atoms with van der Waals surface area (Å²) in [5.41, 5.74) is 3.78. The molecule has 0 bridgehead atoms. The molecule has 0 unspecified atom stereocenters. The van der Waals surface area contributed by atoms with Crippen molar-refractivity contribution in [1.29, 1.82) is 0 Å². The first-order valence-electron chi connectivity index (χ1n) is 7.85. The van der Waals surface area contributed by atoms with Gasteiger partial charge in [-0.1, -0.05) is 22.8 Å². The van der Waals surface area contributed by atoms with Crippen LogP contribution in [0, 0.1) is 24.7 Å². The molecule has 3 heterocycles. The van der Waals surface area contributed by atoms with Crippen molar-refractivity contribution in [1.82, 2.24) is 15.6 Å². The van der Waals surface area contributed by atoms with Crippen LogP contribution in [-0.2, 0) is 0 Å². The molecular weight excluding hydrogens is 374 g/mol. The first-order valence-corrected chi connectivity index (χ1v) is 8.23. The maximum atomic E-state index is 15.1. The number of aromatic nitrogens is 2. The lowest BCUT2D eigenvalue weighted by atomic mass is 10.0. The molecule has 0 saturated heterocycles. The molecule has 0 aliphatic carbocycles. The number of hydrogen-bond donors (Lipinski definition) is 1. The monoisotopic (exact) mass is 384 g/mol. The SMILES string of the molecule is Cc1c(-c2c(F)cccc2Cl)noc1C1=C(F)N(c2cccnc2)NC#C1. The molecule has 1 N–H and O–H groups in total. The Hall–Kier alpha value is -3.37. The van der Waals surface area contributed by atoms with E-state index in [1.165, 1.54) is 18.3 Å². The van der Waals surface area contributed by atoms with Gasteiger partial charge in [0, 0.05) is 17.8 Å². The van der Waals surface area contributed by atoms with Crippen molar-refractivity contribution in [3.8, 4) is 23.2 Å². The Labute approximate surface area is 158 Å². The molecule has 0 spiro atoms. The van der Waals surface area contributed by atoms with E-state index in [2.05, 4.69) is 27.5 Å². The van der Waals surface area contributed by atoms with E-state index in [1.54, 1.807) is 31.3 Å². The molecule has 1 aliphatic rings. The third-order valence-electron chi connectivity index (χ3n) is 4.01. The fraction of sp³-hybridized carbons (Fsp3) is 0.0526. The largest absolute Gasteiger partial charge is 0.354 e. The smallest absolute Gasteiger partial charge is 0.233 e. The summed E-state index contributed by atoms with van der Waals surface area (Å²) < 4.78 is 34.6. The van der Waals surface area contributed by atoms with Gasteiger partial charge in [-0.3, -0.25) is 4.98 Å². The molecule has 0 radical (unpaired) electrons. The lowest BCUT2D eigenvalue weighted by molar-refractivity contribution is 0.410. The molecule has 27 heavy (non-hydrogen) atoms. The lowest BCUT2D eigenvalue weighted by Gasteiger charge is -2.23. The van der Waals surface area contributed by atoms with E-state index in [9.17, 15) is 4.39 Å². The van der Waals surface area contributed by atoms with Crippen LogP contribution in [0.15, 0.2) is 53.2 Å². The topological polar surface area (TPSA) is 54.2 Å². The van der Waals surface area contributed by atoms with Crippen LogP contribution in [0.5, 0.6) is 0 Å². The number of hydrogen-bond acceptors (Lipinski definition) is 5. The minimum absolute atomic E-state index is 0.0127. The number of pyridine rings is 1. The molecule has 1 aromatic carbocycles. The van der Waals surface area contributed by atoms with Crippen LogP contribution in [0.2, 0.25) is 5.02 Å². The van der Waals surface area contributed by atoms with Crippen molar-refractivity contribution in [2.45, 2.75) is 6.92 Å². The minimum atomic E-state index is -0.688. The summed E-state index contributed by atoms with van der Waals surface area (Å²) in [6, 6.07) is 10.3. The summed E-state index contributed by atoms with van der Waals surface area (Å²) in [5.74, 6) is 1.51. The number of nitrogens with zero attached hydrogens (tertiary/aromatic N) is 3. The fourth-order valence-electron chi connectivity index (χ4n) is 2.70. The Bertz CT molecular complexity index is 1100. The summed E-state index contributed by atoms with van der Waals surface area (Å²) in [4.78, 5) is 3.96. The Morgan fingerprint density at radius 2 is 2.07 bits per heavy atom. The first-order chi connectivity index (χ1) is 13.1. The van der Waals surface area contributed by atoms with E-state index in [0.29, 0.717) is 11.3 Å². The minimum Gasteiger partial charge on any atom is -0.354 e. The second-order valence-corrected chi connectivity index (χ2v) is 6.06. The predicted octanol–water partition coefficient (Wildman–Crippen LogP) is 4.46. The van der Waals surface area contributed by atoms with Crippen molar-refractivity contribution < 1.29 is 13.3 Å². The highest BCUT2D eigenvalue weighted by molar-refractivity contribution is 6.33. The van der Waals surface area contributed by atoms with Gasteiger partial charge in [0.15, 0.2) is 5.76 Å². The number of nitrogens with one attached hydrogen (secondary N) is 1. The third kappa shape index (κ3) is 2.90. The number of rotatable bonds is 3. The highest BCUT2D eigenvalue weighted by atomic mass is 35.5. The Morgan fingerprint density at radius 3 is 2.81 bits per heavy atom. The zero-order valence-electron chi connectivity index (χ0n) is 13.9. The molecular formula is C19H11ClF2N4O. The fourth-order valence-corrected chi connectivity index (χ4v) is 2.95. The molecule has 134 valence electrons. The van der Waals surface area contributed by atoms with Crippen molar-refractivity contribution in [2.75, 3.05) is 5.01 Å². The van der Waals surface area contributed by atoms with E-state index < -0.39 is 11.8 Å². The van der Waals surface area contributed by atoms with Crippen LogP contribution in [0.3, 0.4) is 0 Å². The quantitative estimate of drug-likeness (QED) is 0.533. The van der Waals surface area contributed by atoms with Gasteiger partial charge in [0.05, 0.1) is 22.5 Å². The molecule has 5 nitrogen and oxygen atoms in total. The van der Waals surface area contributed by atoms with E-state index in [-0.39, 0.29) is 27.6 Å². The van der Waals surface area contributed by atoms with Crippen LogP contribution < -0.4 is 10.4 Å². The van der Waals surface area contributed by atoms with Gasteiger partial charge in [-0.15, -0.1) is 0 Å². The Morgan fingerprint density at radius 1 is 1.22 bits per heavy atom. The normalized spacial score (nSPS) is 13.3. The van der Waals surface area contributed by atoms with Crippen LogP contribution in [0.1, 0.15) is 11.3 Å². The van der Waals surface area contributed by atoms with Crippen LogP contribution in [0.4, 0.5) is 14.5 Å². The third-order valence-corrected chi connectivity index (χ3v) is 4.33. The van der Waals surface area contributed by atoms with Gasteiger partial charge in [-0.05, 0) is 37.1 Å². The Balaban J connectivity index is 1.81. The van der Waals surface area contributed by atoms with Gasteiger partial charge in [-0.2, -0.15) is 4.39 Å². The zero-order valence-corrected chi connectivity index (χ0v) is 14.7. The number of allylic oxidation sites excluding steroid dienone is 1. The van der Waals surface area contributed by atoms with E-state index in [0.717, 1.165) is 5.01 Å². The lowest BCUT2D eigenvalue weighted by Crippen LogP contribution is -2.35. The highest BCUT2D eigenvalue weighted by Crippen LogP contribution is 2.36. The second kappa shape index (κ2) is 6.74. The molecule has 0 amide bonds. The molecule has 4 rings (SSSR count). The summed E-state index contributed by atoms with van der Waals surface area (Å²) in [7, 11) is 0. The molecule has 0 atom stereocenters. The second-order valence-electron chi connectivity index (χ2n) is 5.66. The number of benzene rings is 1. The summed E-state index contributed by atoms with van der Waals surface area (Å²) in [5, 5.41) is 5.21. The number of anilines is 1. The average Bonchev–Trinajstić information content (AvgIpc) is 3.04.